The second-order valence-corrected chi connectivity index (χ2v) is 7.54. The topological polar surface area (TPSA) is 50.8 Å². The summed E-state index contributed by atoms with van der Waals surface area (Å²) in [6, 6.07) is 16.3. The molecule has 0 saturated carbocycles. The number of hydrogen-bond donors (Lipinski definition) is 1. The minimum Gasteiger partial charge on any atom is -0.497 e. The number of likely N-dealkylation sites (tertiary alicyclic amines) is 1. The first-order chi connectivity index (χ1) is 14.2. The number of piperidine rings is 1. The molecule has 29 heavy (non-hydrogen) atoms. The van der Waals surface area contributed by atoms with E-state index in [1.165, 1.54) is 24.8 Å². The molecule has 1 fully saturated rings. The Hall–Kier alpha value is -2.53. The van der Waals surface area contributed by atoms with Gasteiger partial charge in [0.1, 0.15) is 11.5 Å². The Bertz CT molecular complexity index is 770. The Balaban J connectivity index is 1.58. The van der Waals surface area contributed by atoms with Gasteiger partial charge >= 0.3 is 0 Å². The third-order valence-corrected chi connectivity index (χ3v) is 5.60. The molecule has 1 unspecified atom stereocenters. The Labute approximate surface area is 174 Å². The summed E-state index contributed by atoms with van der Waals surface area (Å²) < 4.78 is 10.5. The first-order valence-electron chi connectivity index (χ1n) is 10.5. The molecule has 2 aromatic carbocycles. The van der Waals surface area contributed by atoms with Gasteiger partial charge in [-0.1, -0.05) is 30.7 Å². The van der Waals surface area contributed by atoms with E-state index in [9.17, 15) is 4.79 Å². The molecule has 3 rings (SSSR count). The fourth-order valence-electron chi connectivity index (χ4n) is 3.90. The maximum Gasteiger partial charge on any atom is 0.220 e. The van der Waals surface area contributed by atoms with Gasteiger partial charge in [-0.2, -0.15) is 0 Å². The number of ether oxygens (including phenoxy) is 2. The van der Waals surface area contributed by atoms with Crippen LogP contribution < -0.4 is 14.8 Å². The van der Waals surface area contributed by atoms with Crippen molar-refractivity contribution < 1.29 is 14.3 Å². The van der Waals surface area contributed by atoms with Crippen LogP contribution in [0.15, 0.2) is 48.5 Å². The molecule has 5 heteroatoms. The zero-order valence-corrected chi connectivity index (χ0v) is 17.5. The molecule has 0 aromatic heterocycles. The second kappa shape index (κ2) is 10.9. The quantitative estimate of drug-likeness (QED) is 0.697. The van der Waals surface area contributed by atoms with Crippen LogP contribution in [0.1, 0.15) is 42.9 Å². The van der Waals surface area contributed by atoms with Crippen LogP contribution in [0.4, 0.5) is 0 Å². The number of methoxy groups -OCH3 is 2. The highest BCUT2D eigenvalue weighted by Gasteiger charge is 2.23. The van der Waals surface area contributed by atoms with Crippen molar-refractivity contribution >= 4 is 5.91 Å². The maximum absolute atomic E-state index is 12.5. The van der Waals surface area contributed by atoms with E-state index in [0.29, 0.717) is 19.4 Å². The molecule has 1 heterocycles. The van der Waals surface area contributed by atoms with E-state index in [1.807, 2.05) is 36.4 Å². The van der Waals surface area contributed by atoms with Gasteiger partial charge in [0.05, 0.1) is 20.3 Å². The molecule has 1 N–H and O–H groups in total. The fraction of sp³-hybridized carbons (Fsp3) is 0.458. The van der Waals surface area contributed by atoms with Crippen LogP contribution in [0.3, 0.4) is 0 Å². The number of nitrogens with zero attached hydrogens (tertiary/aromatic N) is 1. The van der Waals surface area contributed by atoms with Crippen molar-refractivity contribution in [2.24, 2.45) is 0 Å². The van der Waals surface area contributed by atoms with Crippen LogP contribution in [0.5, 0.6) is 11.5 Å². The predicted octanol–water partition coefficient (Wildman–Crippen LogP) is 3.98. The molecule has 1 atom stereocenters. The highest BCUT2D eigenvalue weighted by atomic mass is 16.5. The fourth-order valence-corrected chi connectivity index (χ4v) is 3.90. The van der Waals surface area contributed by atoms with E-state index < -0.39 is 0 Å². The van der Waals surface area contributed by atoms with Crippen molar-refractivity contribution in [2.45, 2.75) is 38.1 Å². The number of nitrogens with one attached hydrogen (secondary N) is 1. The minimum atomic E-state index is 0.0864. The van der Waals surface area contributed by atoms with Gasteiger partial charge in [0.15, 0.2) is 0 Å². The summed E-state index contributed by atoms with van der Waals surface area (Å²) in [7, 11) is 3.34. The van der Waals surface area contributed by atoms with E-state index in [1.54, 1.807) is 14.2 Å². The number of carbonyl (C=O) groups excluding carboxylic acids is 1. The number of amides is 1. The molecule has 1 aliphatic heterocycles. The molecule has 0 spiro atoms. The summed E-state index contributed by atoms with van der Waals surface area (Å²) >= 11 is 0. The van der Waals surface area contributed by atoms with Gasteiger partial charge in [0.25, 0.3) is 0 Å². The molecule has 0 aliphatic carbocycles. The summed E-state index contributed by atoms with van der Waals surface area (Å²) in [6.07, 6.45) is 4.91. The molecule has 1 saturated heterocycles. The smallest absolute Gasteiger partial charge is 0.220 e. The minimum absolute atomic E-state index is 0.0864. The highest BCUT2D eigenvalue weighted by Crippen LogP contribution is 2.26. The molecule has 1 aliphatic rings. The van der Waals surface area contributed by atoms with Gasteiger partial charge in [-0.25, -0.2) is 0 Å². The van der Waals surface area contributed by atoms with Gasteiger partial charge in [-0.15, -0.1) is 0 Å². The van der Waals surface area contributed by atoms with Crippen molar-refractivity contribution in [1.29, 1.82) is 0 Å². The summed E-state index contributed by atoms with van der Waals surface area (Å²) in [5, 5.41) is 3.16. The van der Waals surface area contributed by atoms with E-state index >= 15 is 0 Å². The first kappa shape index (κ1) is 21.2. The van der Waals surface area contributed by atoms with Crippen LogP contribution in [-0.2, 0) is 11.2 Å². The summed E-state index contributed by atoms with van der Waals surface area (Å²) in [5.41, 5.74) is 2.34. The number of benzene rings is 2. The van der Waals surface area contributed by atoms with E-state index in [-0.39, 0.29) is 11.9 Å². The standard InChI is InChI=1S/C24H32N2O3/c1-28-21-12-10-20(11-13-21)23(26-15-4-3-5-16-26)18-25-24(27)14-9-19-7-6-8-22(17-19)29-2/h6-8,10-13,17,23H,3-5,9,14-16,18H2,1-2H3,(H,25,27). The third kappa shape index (κ3) is 6.23. The Morgan fingerprint density at radius 2 is 1.72 bits per heavy atom. The Kier molecular flexibility index (Phi) is 7.94. The van der Waals surface area contributed by atoms with Crippen molar-refractivity contribution in [3.8, 4) is 11.5 Å². The SMILES string of the molecule is COc1ccc(C(CNC(=O)CCc2cccc(OC)c2)N2CCCCC2)cc1. The largest absolute Gasteiger partial charge is 0.497 e. The number of aryl methyl sites for hydroxylation is 1. The Morgan fingerprint density at radius 3 is 2.41 bits per heavy atom. The van der Waals surface area contributed by atoms with Crippen LogP contribution in [0.2, 0.25) is 0 Å². The van der Waals surface area contributed by atoms with E-state index in [4.69, 9.17) is 9.47 Å². The monoisotopic (exact) mass is 396 g/mol. The molecule has 2 aromatic rings. The van der Waals surface area contributed by atoms with Crippen LogP contribution in [0.25, 0.3) is 0 Å². The van der Waals surface area contributed by atoms with Gasteiger partial charge in [0.2, 0.25) is 5.91 Å². The van der Waals surface area contributed by atoms with Crippen molar-refractivity contribution in [3.05, 3.63) is 59.7 Å². The highest BCUT2D eigenvalue weighted by molar-refractivity contribution is 5.76. The molecule has 156 valence electrons. The lowest BCUT2D eigenvalue weighted by Crippen LogP contribution is -2.40. The second-order valence-electron chi connectivity index (χ2n) is 7.54. The molecular weight excluding hydrogens is 364 g/mol. The van der Waals surface area contributed by atoms with Gasteiger partial charge in [0, 0.05) is 13.0 Å². The lowest BCUT2D eigenvalue weighted by molar-refractivity contribution is -0.121. The lowest BCUT2D eigenvalue weighted by atomic mass is 10.0. The van der Waals surface area contributed by atoms with Crippen molar-refractivity contribution in [3.63, 3.8) is 0 Å². The average molecular weight is 397 g/mol. The summed E-state index contributed by atoms with van der Waals surface area (Å²) in [4.78, 5) is 15.0. The van der Waals surface area contributed by atoms with Crippen molar-refractivity contribution in [1.82, 2.24) is 10.2 Å². The molecular formula is C24H32N2O3. The van der Waals surface area contributed by atoms with Crippen LogP contribution in [0, 0.1) is 0 Å². The maximum atomic E-state index is 12.5. The normalized spacial score (nSPS) is 15.5. The van der Waals surface area contributed by atoms with Crippen LogP contribution in [-0.4, -0.2) is 44.7 Å². The summed E-state index contributed by atoms with van der Waals surface area (Å²) in [5.74, 6) is 1.77. The van der Waals surface area contributed by atoms with Gasteiger partial charge in [-0.05, 0) is 67.7 Å². The zero-order valence-electron chi connectivity index (χ0n) is 17.5. The third-order valence-electron chi connectivity index (χ3n) is 5.60. The number of carbonyl (C=O) groups is 1. The lowest BCUT2D eigenvalue weighted by Gasteiger charge is -2.35. The van der Waals surface area contributed by atoms with Crippen molar-refractivity contribution in [2.75, 3.05) is 33.9 Å². The molecule has 0 bridgehead atoms. The van der Waals surface area contributed by atoms with E-state index in [2.05, 4.69) is 22.3 Å². The first-order valence-corrected chi connectivity index (χ1v) is 10.5. The van der Waals surface area contributed by atoms with Gasteiger partial charge < -0.3 is 14.8 Å². The average Bonchev–Trinajstić information content (AvgIpc) is 2.79. The molecule has 0 radical (unpaired) electrons. The molecule has 5 nitrogen and oxygen atoms in total. The predicted molar refractivity (Wildman–Crippen MR) is 115 cm³/mol. The van der Waals surface area contributed by atoms with E-state index in [0.717, 1.165) is 30.2 Å². The number of rotatable bonds is 9. The Morgan fingerprint density at radius 1 is 1.00 bits per heavy atom. The van der Waals surface area contributed by atoms with Crippen LogP contribution >= 0.6 is 0 Å². The number of hydrogen-bond acceptors (Lipinski definition) is 4. The van der Waals surface area contributed by atoms with Gasteiger partial charge in [-0.3, -0.25) is 9.69 Å². The zero-order chi connectivity index (χ0) is 20.5. The molecule has 1 amide bonds. The summed E-state index contributed by atoms with van der Waals surface area (Å²) in [6.45, 7) is 2.79.